The molecule has 0 aliphatic carbocycles. The molecule has 6 heteroatoms. The lowest BCUT2D eigenvalue weighted by atomic mass is 10.1. The van der Waals surface area contributed by atoms with Gasteiger partial charge in [-0.25, -0.2) is 9.78 Å². The van der Waals surface area contributed by atoms with Gasteiger partial charge >= 0.3 is 11.7 Å². The van der Waals surface area contributed by atoms with Crippen LogP contribution in [0.15, 0.2) is 42.6 Å². The summed E-state index contributed by atoms with van der Waals surface area (Å²) < 4.78 is 4.55. The maximum absolute atomic E-state index is 11.6. The number of esters is 1. The fraction of sp³-hybridized carbons (Fsp3) is 0.0769. The summed E-state index contributed by atoms with van der Waals surface area (Å²) in [7, 11) is 1.18. The number of aromatic nitrogens is 1. The maximum atomic E-state index is 11.6. The van der Waals surface area contributed by atoms with E-state index in [4.69, 9.17) is 0 Å². The Bertz CT molecular complexity index is 626. The van der Waals surface area contributed by atoms with Crippen molar-refractivity contribution >= 4 is 11.7 Å². The van der Waals surface area contributed by atoms with E-state index in [1.165, 1.54) is 13.2 Å². The van der Waals surface area contributed by atoms with Gasteiger partial charge in [-0.3, -0.25) is 10.1 Å². The number of rotatable bonds is 3. The Hall–Kier alpha value is -2.76. The highest BCUT2D eigenvalue weighted by molar-refractivity contribution is 5.94. The summed E-state index contributed by atoms with van der Waals surface area (Å²) in [5.74, 6) is -0.758. The van der Waals surface area contributed by atoms with Gasteiger partial charge in [0.25, 0.3) is 0 Å². The van der Waals surface area contributed by atoms with Gasteiger partial charge in [-0.2, -0.15) is 0 Å². The number of hydrogen-bond donors (Lipinski definition) is 0. The molecule has 2 aromatic rings. The zero-order valence-electron chi connectivity index (χ0n) is 10.1. The standard InChI is InChI=1S/C13H10N2O4/c1-19-13(16)10-7-11(9-5-3-2-4-6-9)14-8-12(10)15(17)18/h2-8H,1H3. The number of nitro groups is 1. The van der Waals surface area contributed by atoms with Crippen LogP contribution in [0.1, 0.15) is 10.4 Å². The third-order valence-corrected chi connectivity index (χ3v) is 2.55. The number of ether oxygens (including phenoxy) is 1. The predicted molar refractivity (Wildman–Crippen MR) is 67.7 cm³/mol. The number of hydrogen-bond acceptors (Lipinski definition) is 5. The highest BCUT2D eigenvalue weighted by Crippen LogP contribution is 2.24. The molecule has 0 atom stereocenters. The van der Waals surface area contributed by atoms with Crippen LogP contribution in [0, 0.1) is 10.1 Å². The van der Waals surface area contributed by atoms with E-state index in [9.17, 15) is 14.9 Å². The fourth-order valence-electron chi connectivity index (χ4n) is 1.63. The van der Waals surface area contributed by atoms with Gasteiger partial charge in [-0.1, -0.05) is 30.3 Å². The lowest BCUT2D eigenvalue weighted by Crippen LogP contribution is -2.06. The summed E-state index contributed by atoms with van der Waals surface area (Å²) in [5.41, 5.74) is 0.766. The van der Waals surface area contributed by atoms with Crippen molar-refractivity contribution in [2.24, 2.45) is 0 Å². The summed E-state index contributed by atoms with van der Waals surface area (Å²) in [5, 5.41) is 10.8. The van der Waals surface area contributed by atoms with Crippen molar-refractivity contribution in [1.29, 1.82) is 0 Å². The monoisotopic (exact) mass is 258 g/mol. The molecule has 0 radical (unpaired) electrons. The van der Waals surface area contributed by atoms with E-state index < -0.39 is 10.9 Å². The third-order valence-electron chi connectivity index (χ3n) is 2.55. The second kappa shape index (κ2) is 5.26. The van der Waals surface area contributed by atoms with Crippen LogP contribution in [0.5, 0.6) is 0 Å². The Morgan fingerprint density at radius 3 is 2.58 bits per heavy atom. The van der Waals surface area contributed by atoms with Crippen LogP contribution in [0.2, 0.25) is 0 Å². The van der Waals surface area contributed by atoms with Crippen LogP contribution in [-0.2, 0) is 4.74 Å². The number of carbonyl (C=O) groups excluding carboxylic acids is 1. The number of nitrogens with zero attached hydrogens (tertiary/aromatic N) is 2. The van der Waals surface area contributed by atoms with Crippen molar-refractivity contribution in [2.45, 2.75) is 0 Å². The van der Waals surface area contributed by atoms with Crippen molar-refractivity contribution in [3.05, 3.63) is 58.3 Å². The number of carbonyl (C=O) groups is 1. The van der Waals surface area contributed by atoms with E-state index in [2.05, 4.69) is 9.72 Å². The van der Waals surface area contributed by atoms with Gasteiger partial charge < -0.3 is 4.74 Å². The smallest absolute Gasteiger partial charge is 0.345 e. The number of benzene rings is 1. The topological polar surface area (TPSA) is 82.3 Å². The molecule has 1 heterocycles. The molecule has 0 saturated heterocycles. The molecule has 0 aliphatic rings. The Kier molecular flexibility index (Phi) is 3.51. The van der Waals surface area contributed by atoms with Crippen LogP contribution in [-0.4, -0.2) is 23.0 Å². The molecule has 19 heavy (non-hydrogen) atoms. The van der Waals surface area contributed by atoms with E-state index >= 15 is 0 Å². The molecule has 2 rings (SSSR count). The highest BCUT2D eigenvalue weighted by Gasteiger charge is 2.22. The molecule has 0 N–H and O–H groups in total. The minimum absolute atomic E-state index is 0.110. The van der Waals surface area contributed by atoms with Crippen molar-refractivity contribution in [3.8, 4) is 11.3 Å². The second-order valence-electron chi connectivity index (χ2n) is 3.70. The van der Waals surface area contributed by atoms with Crippen molar-refractivity contribution in [2.75, 3.05) is 7.11 Å². The van der Waals surface area contributed by atoms with Crippen molar-refractivity contribution < 1.29 is 14.5 Å². The van der Waals surface area contributed by atoms with Crippen LogP contribution < -0.4 is 0 Å². The largest absolute Gasteiger partial charge is 0.465 e. The third kappa shape index (κ3) is 2.57. The first-order valence-corrected chi connectivity index (χ1v) is 5.41. The summed E-state index contributed by atoms with van der Waals surface area (Å²) in [6, 6.07) is 10.4. The summed E-state index contributed by atoms with van der Waals surface area (Å²) in [4.78, 5) is 25.8. The first-order chi connectivity index (χ1) is 9.13. The molecule has 0 aliphatic heterocycles. The van der Waals surface area contributed by atoms with E-state index in [-0.39, 0.29) is 11.3 Å². The molecule has 0 spiro atoms. The maximum Gasteiger partial charge on any atom is 0.345 e. The van der Waals surface area contributed by atoms with Crippen LogP contribution >= 0.6 is 0 Å². The van der Waals surface area contributed by atoms with E-state index in [1.807, 2.05) is 18.2 Å². The SMILES string of the molecule is COC(=O)c1cc(-c2ccccc2)ncc1[N+](=O)[O-]. The van der Waals surface area contributed by atoms with E-state index in [1.54, 1.807) is 12.1 Å². The molecule has 0 amide bonds. The summed E-state index contributed by atoms with van der Waals surface area (Å²) in [6.45, 7) is 0. The number of methoxy groups -OCH3 is 1. The van der Waals surface area contributed by atoms with Gasteiger partial charge in [0.1, 0.15) is 11.8 Å². The molecule has 0 fully saturated rings. The highest BCUT2D eigenvalue weighted by atomic mass is 16.6. The average molecular weight is 258 g/mol. The molecule has 0 unspecified atom stereocenters. The van der Waals surface area contributed by atoms with Crippen LogP contribution in [0.25, 0.3) is 11.3 Å². The summed E-state index contributed by atoms with van der Waals surface area (Å²) >= 11 is 0. The molecular weight excluding hydrogens is 248 g/mol. The summed E-state index contributed by atoms with van der Waals surface area (Å²) in [6.07, 6.45) is 1.06. The number of pyridine rings is 1. The minimum atomic E-state index is -0.758. The molecule has 1 aromatic carbocycles. The van der Waals surface area contributed by atoms with Gasteiger partial charge in [-0.15, -0.1) is 0 Å². The van der Waals surface area contributed by atoms with Crippen LogP contribution in [0.4, 0.5) is 5.69 Å². The lowest BCUT2D eigenvalue weighted by molar-refractivity contribution is -0.385. The Morgan fingerprint density at radius 2 is 2.00 bits per heavy atom. The predicted octanol–water partition coefficient (Wildman–Crippen LogP) is 2.44. The van der Waals surface area contributed by atoms with Crippen molar-refractivity contribution in [3.63, 3.8) is 0 Å². The zero-order chi connectivity index (χ0) is 13.8. The molecular formula is C13H10N2O4. The van der Waals surface area contributed by atoms with Gasteiger partial charge in [-0.05, 0) is 6.07 Å². The first-order valence-electron chi connectivity index (χ1n) is 5.41. The Morgan fingerprint density at radius 1 is 1.32 bits per heavy atom. The van der Waals surface area contributed by atoms with Gasteiger partial charge in [0.05, 0.1) is 17.7 Å². The average Bonchev–Trinajstić information content (AvgIpc) is 2.46. The van der Waals surface area contributed by atoms with E-state index in [0.717, 1.165) is 11.8 Å². The second-order valence-corrected chi connectivity index (χ2v) is 3.70. The van der Waals surface area contributed by atoms with Gasteiger partial charge in [0, 0.05) is 5.56 Å². The normalized spacial score (nSPS) is 9.95. The molecule has 0 bridgehead atoms. The molecule has 96 valence electrons. The quantitative estimate of drug-likeness (QED) is 0.479. The van der Waals surface area contributed by atoms with Crippen LogP contribution in [0.3, 0.4) is 0 Å². The first kappa shape index (κ1) is 12.7. The zero-order valence-corrected chi connectivity index (χ0v) is 10.1. The Labute approximate surface area is 108 Å². The molecule has 0 saturated carbocycles. The minimum Gasteiger partial charge on any atom is -0.465 e. The van der Waals surface area contributed by atoms with Crippen molar-refractivity contribution in [1.82, 2.24) is 4.98 Å². The molecule has 6 nitrogen and oxygen atoms in total. The van der Waals surface area contributed by atoms with Gasteiger partial charge in [0.15, 0.2) is 0 Å². The fourth-order valence-corrected chi connectivity index (χ4v) is 1.63. The Balaban J connectivity index is 2.56. The lowest BCUT2D eigenvalue weighted by Gasteiger charge is -2.04. The van der Waals surface area contributed by atoms with Gasteiger partial charge in [0.2, 0.25) is 0 Å². The van der Waals surface area contributed by atoms with E-state index in [0.29, 0.717) is 5.69 Å². The molecule has 1 aromatic heterocycles.